The molecule has 23 heavy (non-hydrogen) atoms. The lowest BCUT2D eigenvalue weighted by Gasteiger charge is -2.31. The van der Waals surface area contributed by atoms with Crippen LogP contribution in [0.1, 0.15) is 45.2 Å². The van der Waals surface area contributed by atoms with Crippen molar-refractivity contribution in [1.29, 1.82) is 0 Å². The Hall–Kier alpha value is -1.56. The van der Waals surface area contributed by atoms with Crippen LogP contribution < -0.4 is 0 Å². The Bertz CT molecular complexity index is 597. The summed E-state index contributed by atoms with van der Waals surface area (Å²) in [6.45, 7) is 5.42. The van der Waals surface area contributed by atoms with Crippen LogP contribution in [-0.2, 0) is 14.3 Å². The second kappa shape index (κ2) is 6.91. The topological polar surface area (TPSA) is 55.8 Å². The number of likely N-dealkylation sites (tertiary alicyclic amines) is 1. The third kappa shape index (κ3) is 4.25. The van der Waals surface area contributed by atoms with Crippen molar-refractivity contribution in [2.45, 2.75) is 51.3 Å². The van der Waals surface area contributed by atoms with Gasteiger partial charge in [0.1, 0.15) is 11.6 Å². The molecule has 1 aliphatic rings. The first-order valence-corrected chi connectivity index (χ1v) is 8.37. The van der Waals surface area contributed by atoms with E-state index in [9.17, 15) is 9.59 Å². The number of rotatable bonds is 2. The van der Waals surface area contributed by atoms with Crippen molar-refractivity contribution in [2.24, 2.45) is 0 Å². The molecule has 0 N–H and O–H groups in total. The summed E-state index contributed by atoms with van der Waals surface area (Å²) >= 11 is 3.45. The summed E-state index contributed by atoms with van der Waals surface area (Å²) in [5.74, 6) is -0.409. The monoisotopic (exact) mass is 383 g/mol. The molecule has 0 aromatic heterocycles. The number of esters is 1. The molecular weight excluding hydrogens is 362 g/mol. The maximum Gasteiger partial charge on any atom is 0.411 e. The average Bonchev–Trinajstić information content (AvgIpc) is 2.89. The highest BCUT2D eigenvalue weighted by Gasteiger charge is 2.44. The summed E-state index contributed by atoms with van der Waals surface area (Å²) < 4.78 is 11.3. The van der Waals surface area contributed by atoms with Crippen molar-refractivity contribution in [3.63, 3.8) is 0 Å². The second-order valence-corrected chi connectivity index (χ2v) is 7.49. The van der Waals surface area contributed by atoms with E-state index in [1.165, 1.54) is 12.0 Å². The first kappa shape index (κ1) is 17.8. The number of ether oxygens (including phenoxy) is 2. The summed E-state index contributed by atoms with van der Waals surface area (Å²) in [4.78, 5) is 26.2. The number of halogens is 1. The van der Waals surface area contributed by atoms with Crippen molar-refractivity contribution >= 4 is 28.0 Å². The molecule has 1 aliphatic heterocycles. The Morgan fingerprint density at radius 3 is 2.52 bits per heavy atom. The van der Waals surface area contributed by atoms with Crippen LogP contribution in [0.3, 0.4) is 0 Å². The molecule has 1 heterocycles. The molecule has 6 heteroatoms. The van der Waals surface area contributed by atoms with Crippen LogP contribution in [0.25, 0.3) is 0 Å². The maximum atomic E-state index is 12.6. The molecule has 1 saturated heterocycles. The maximum absolute atomic E-state index is 12.6. The molecule has 2 atom stereocenters. The zero-order valence-corrected chi connectivity index (χ0v) is 15.4. The van der Waals surface area contributed by atoms with E-state index in [1.54, 1.807) is 0 Å². The fourth-order valence-corrected chi connectivity index (χ4v) is 3.21. The minimum absolute atomic E-state index is 0.202. The Morgan fingerprint density at radius 1 is 1.26 bits per heavy atom. The SMILES string of the molecule is COC(=O)[C@H]1CCC(c2cccc(Br)c2)N1C(=O)OC(C)(C)C. The van der Waals surface area contributed by atoms with Crippen molar-refractivity contribution in [3.05, 3.63) is 34.3 Å². The second-order valence-electron chi connectivity index (χ2n) is 6.57. The fourth-order valence-electron chi connectivity index (χ4n) is 2.79. The Balaban J connectivity index is 2.33. The van der Waals surface area contributed by atoms with Gasteiger partial charge in [-0.25, -0.2) is 9.59 Å². The first-order valence-electron chi connectivity index (χ1n) is 7.57. The molecule has 5 nitrogen and oxygen atoms in total. The van der Waals surface area contributed by atoms with Gasteiger partial charge in [0.25, 0.3) is 0 Å². The molecule has 0 saturated carbocycles. The van der Waals surface area contributed by atoms with Crippen molar-refractivity contribution in [2.75, 3.05) is 7.11 Å². The molecule has 0 bridgehead atoms. The Morgan fingerprint density at radius 2 is 1.96 bits per heavy atom. The van der Waals surface area contributed by atoms with Crippen LogP contribution in [0.2, 0.25) is 0 Å². The first-order chi connectivity index (χ1) is 10.7. The molecular formula is C17H22BrNO4. The van der Waals surface area contributed by atoms with Crippen LogP contribution in [-0.4, -0.2) is 35.7 Å². The number of hydrogen-bond donors (Lipinski definition) is 0. The molecule has 1 fully saturated rings. The predicted molar refractivity (Wildman–Crippen MR) is 90.0 cm³/mol. The summed E-state index contributed by atoms with van der Waals surface area (Å²) in [6.07, 6.45) is 0.758. The van der Waals surface area contributed by atoms with Crippen LogP contribution in [0.5, 0.6) is 0 Å². The molecule has 126 valence electrons. The number of amides is 1. The standard InChI is InChI=1S/C17H22BrNO4/c1-17(2,3)23-16(21)19-13(8-9-14(19)15(20)22-4)11-6-5-7-12(18)10-11/h5-7,10,13-14H,8-9H2,1-4H3/t13?,14-/m1/s1. The minimum atomic E-state index is -0.623. The van der Waals surface area contributed by atoms with Gasteiger partial charge in [-0.15, -0.1) is 0 Å². The van der Waals surface area contributed by atoms with E-state index < -0.39 is 23.7 Å². The van der Waals surface area contributed by atoms with Crippen LogP contribution in [0.4, 0.5) is 4.79 Å². The van der Waals surface area contributed by atoms with Crippen LogP contribution in [0, 0.1) is 0 Å². The lowest BCUT2D eigenvalue weighted by Crippen LogP contribution is -2.44. The van der Waals surface area contributed by atoms with Crippen LogP contribution in [0.15, 0.2) is 28.7 Å². The van der Waals surface area contributed by atoms with Gasteiger partial charge in [0.2, 0.25) is 0 Å². The van der Waals surface area contributed by atoms with Crippen molar-refractivity contribution in [3.8, 4) is 0 Å². The van der Waals surface area contributed by atoms with Gasteiger partial charge in [-0.3, -0.25) is 4.90 Å². The number of methoxy groups -OCH3 is 1. The third-order valence-electron chi connectivity index (χ3n) is 3.70. The summed E-state index contributed by atoms with van der Waals surface area (Å²) in [5, 5.41) is 0. The van der Waals surface area contributed by atoms with Gasteiger partial charge >= 0.3 is 12.1 Å². The molecule has 1 aromatic carbocycles. The summed E-state index contributed by atoms with van der Waals surface area (Å²) in [6, 6.07) is 6.94. The van der Waals surface area contributed by atoms with Gasteiger partial charge in [-0.2, -0.15) is 0 Å². The number of hydrogen-bond acceptors (Lipinski definition) is 4. The van der Waals surface area contributed by atoms with Gasteiger partial charge in [0.05, 0.1) is 13.2 Å². The highest BCUT2D eigenvalue weighted by Crippen LogP contribution is 2.38. The van der Waals surface area contributed by atoms with Gasteiger partial charge < -0.3 is 9.47 Å². The zero-order chi connectivity index (χ0) is 17.2. The van der Waals surface area contributed by atoms with Gasteiger partial charge in [-0.1, -0.05) is 28.1 Å². The van der Waals surface area contributed by atoms with Gasteiger partial charge in [0.15, 0.2) is 0 Å². The van der Waals surface area contributed by atoms with Gasteiger partial charge in [-0.05, 0) is 51.3 Å². The molecule has 1 unspecified atom stereocenters. The Labute approximate surface area is 145 Å². The van der Waals surface area contributed by atoms with E-state index in [2.05, 4.69) is 15.9 Å². The molecule has 0 spiro atoms. The highest BCUT2D eigenvalue weighted by molar-refractivity contribution is 9.10. The molecule has 0 aliphatic carbocycles. The van der Waals surface area contributed by atoms with E-state index >= 15 is 0 Å². The molecule has 1 aromatic rings. The zero-order valence-electron chi connectivity index (χ0n) is 13.8. The fraction of sp³-hybridized carbons (Fsp3) is 0.529. The van der Waals surface area contributed by atoms with E-state index in [1.807, 2.05) is 45.0 Å². The average molecular weight is 384 g/mol. The smallest absolute Gasteiger partial charge is 0.411 e. The minimum Gasteiger partial charge on any atom is -0.467 e. The highest BCUT2D eigenvalue weighted by atomic mass is 79.9. The lowest BCUT2D eigenvalue weighted by molar-refractivity contribution is -0.146. The quantitative estimate of drug-likeness (QED) is 0.722. The van der Waals surface area contributed by atoms with Crippen molar-refractivity contribution < 1.29 is 19.1 Å². The summed E-state index contributed by atoms with van der Waals surface area (Å²) in [5.41, 5.74) is 0.346. The summed E-state index contributed by atoms with van der Waals surface area (Å²) in [7, 11) is 1.34. The van der Waals surface area contributed by atoms with E-state index in [0.717, 1.165) is 10.0 Å². The van der Waals surface area contributed by atoms with E-state index in [0.29, 0.717) is 12.8 Å². The number of carbonyl (C=O) groups excluding carboxylic acids is 2. The molecule has 2 rings (SSSR count). The van der Waals surface area contributed by atoms with Gasteiger partial charge in [0, 0.05) is 4.47 Å². The lowest BCUT2D eigenvalue weighted by atomic mass is 10.1. The third-order valence-corrected chi connectivity index (χ3v) is 4.19. The van der Waals surface area contributed by atoms with E-state index in [-0.39, 0.29) is 6.04 Å². The predicted octanol–water partition coefficient (Wildman–Crippen LogP) is 4.06. The largest absolute Gasteiger partial charge is 0.467 e. The number of benzene rings is 1. The van der Waals surface area contributed by atoms with Crippen molar-refractivity contribution in [1.82, 2.24) is 4.90 Å². The number of carbonyl (C=O) groups is 2. The molecule has 1 amide bonds. The van der Waals surface area contributed by atoms with E-state index in [4.69, 9.17) is 9.47 Å². The normalized spacial score (nSPS) is 21.2. The van der Waals surface area contributed by atoms with Crippen LogP contribution >= 0.6 is 15.9 Å². The molecule has 0 radical (unpaired) electrons. The Kier molecular flexibility index (Phi) is 5.34. The number of nitrogens with zero attached hydrogens (tertiary/aromatic N) is 1.